The van der Waals surface area contributed by atoms with Gasteiger partial charge in [-0.2, -0.15) is 13.2 Å². The molecule has 1 aliphatic carbocycles. The van der Waals surface area contributed by atoms with Gasteiger partial charge >= 0.3 is 12.1 Å². The third-order valence-electron chi connectivity index (χ3n) is 9.65. The van der Waals surface area contributed by atoms with Crippen LogP contribution in [-0.2, 0) is 33.3 Å². The molecule has 1 saturated carbocycles. The zero-order chi connectivity index (χ0) is 36.5. The van der Waals surface area contributed by atoms with Crippen LogP contribution >= 0.6 is 0 Å². The molecule has 13 atom stereocenters. The number of carboxylic acids is 1. The predicted octanol–water partition coefficient (Wildman–Crippen LogP) is 1.37. The average molecular weight is 718 g/mol. The molecule has 14 nitrogen and oxygen atoms in total. The first-order valence-electron chi connectivity index (χ1n) is 17.2. The molecule has 3 rings (SSSR count). The third kappa shape index (κ3) is 11.9. The summed E-state index contributed by atoms with van der Waals surface area (Å²) in [5.74, 6) is -1.75. The Morgan fingerprint density at radius 3 is 2.18 bits per heavy atom. The number of amides is 1. The smallest absolute Gasteiger partial charge is 0.417 e. The number of carbonyl (C=O) groups excluding carboxylic acids is 1. The van der Waals surface area contributed by atoms with E-state index in [0.717, 1.165) is 32.1 Å². The lowest BCUT2D eigenvalue weighted by Crippen LogP contribution is -2.66. The second-order valence-corrected chi connectivity index (χ2v) is 13.5. The molecule has 2 saturated heterocycles. The number of rotatable bonds is 17. The zero-order valence-electron chi connectivity index (χ0n) is 28.2. The van der Waals surface area contributed by atoms with Crippen LogP contribution in [0.1, 0.15) is 85.0 Å². The highest BCUT2D eigenvalue weighted by Crippen LogP contribution is 2.34. The van der Waals surface area contributed by atoms with Crippen molar-refractivity contribution in [2.75, 3.05) is 13.2 Å². The summed E-state index contributed by atoms with van der Waals surface area (Å²) in [4.78, 5) is 24.4. The summed E-state index contributed by atoms with van der Waals surface area (Å²) in [5, 5.41) is 63.4. The topological polar surface area (TPSA) is 214 Å². The minimum atomic E-state index is -4.99. The maximum atomic E-state index is 13.3. The van der Waals surface area contributed by atoms with Gasteiger partial charge in [-0.3, -0.25) is 4.79 Å². The van der Waals surface area contributed by atoms with Gasteiger partial charge in [0, 0.05) is 6.92 Å². The van der Waals surface area contributed by atoms with E-state index in [9.17, 15) is 53.4 Å². The minimum Gasteiger partial charge on any atom is -0.479 e. The molecule has 3 aliphatic rings. The van der Waals surface area contributed by atoms with Gasteiger partial charge in [0.15, 0.2) is 24.8 Å². The number of aliphatic carboxylic acids is 1. The molecule has 0 bridgehead atoms. The van der Waals surface area contributed by atoms with Crippen molar-refractivity contribution in [3.63, 3.8) is 0 Å². The van der Waals surface area contributed by atoms with E-state index in [0.29, 0.717) is 25.7 Å². The molecular formula is C32H54F3NO13. The molecule has 17 heteroatoms. The van der Waals surface area contributed by atoms with Gasteiger partial charge in [0.05, 0.1) is 19.3 Å². The van der Waals surface area contributed by atoms with Crippen molar-refractivity contribution in [2.24, 2.45) is 11.8 Å². The van der Waals surface area contributed by atoms with Crippen molar-refractivity contribution in [3.05, 3.63) is 0 Å². The Kier molecular flexibility index (Phi) is 16.4. The maximum absolute atomic E-state index is 13.3. The zero-order valence-corrected chi connectivity index (χ0v) is 28.2. The highest BCUT2D eigenvalue weighted by atomic mass is 19.4. The highest BCUT2D eigenvalue weighted by Gasteiger charge is 2.56. The average Bonchev–Trinajstić information content (AvgIpc) is 3.04. The molecule has 0 radical (unpaired) electrons. The molecule has 2 heterocycles. The summed E-state index contributed by atoms with van der Waals surface area (Å²) in [6, 6.07) is -1.11. The van der Waals surface area contributed by atoms with E-state index in [1.165, 1.54) is 6.92 Å². The first kappa shape index (κ1) is 41.7. The van der Waals surface area contributed by atoms with Gasteiger partial charge in [0.2, 0.25) is 5.91 Å². The fourth-order valence-electron chi connectivity index (χ4n) is 6.75. The van der Waals surface area contributed by atoms with Crippen LogP contribution in [0.3, 0.4) is 0 Å². The van der Waals surface area contributed by atoms with Crippen molar-refractivity contribution in [2.45, 2.75) is 165 Å². The van der Waals surface area contributed by atoms with Gasteiger partial charge in [0.1, 0.15) is 42.7 Å². The highest BCUT2D eigenvalue weighted by molar-refractivity contribution is 5.73. The minimum absolute atomic E-state index is 0.0993. The standard InChI is InChI=1S/C32H54F3NO13/c1-4-18(15-45-31-26(42)24(40)25(41)28(49-31)32(33,34)35)12-8-9-16(2)46-30-22(36-17(3)38)27(23(39)21(14-37)48-30)47-20(29(43)44)13-19-10-6-5-7-11-19/h16,18-28,30-31,37,39-42H,4-15H2,1-3H3,(H,36,38)(H,43,44)/t16-,18+,20-,21-,22?,23-,24-,25?,26-,27?,28+,30+,31?/m0/s1. The lowest BCUT2D eigenvalue weighted by atomic mass is 9.85. The molecule has 7 N–H and O–H groups in total. The molecule has 0 spiro atoms. The van der Waals surface area contributed by atoms with Crippen molar-refractivity contribution in [3.8, 4) is 0 Å². The molecule has 3 fully saturated rings. The van der Waals surface area contributed by atoms with Crippen molar-refractivity contribution >= 4 is 11.9 Å². The molecule has 1 amide bonds. The van der Waals surface area contributed by atoms with Crippen molar-refractivity contribution in [1.82, 2.24) is 5.32 Å². The van der Waals surface area contributed by atoms with Crippen molar-refractivity contribution < 1.29 is 77.1 Å². The summed E-state index contributed by atoms with van der Waals surface area (Å²) in [5.41, 5.74) is 0. The monoisotopic (exact) mass is 717 g/mol. The molecule has 0 aromatic rings. The lowest BCUT2D eigenvalue weighted by Gasteiger charge is -2.45. The van der Waals surface area contributed by atoms with Gasteiger partial charge in [-0.15, -0.1) is 0 Å². The fourth-order valence-corrected chi connectivity index (χ4v) is 6.75. The van der Waals surface area contributed by atoms with Gasteiger partial charge < -0.3 is 59.6 Å². The van der Waals surface area contributed by atoms with Crippen LogP contribution < -0.4 is 5.32 Å². The Labute approximate surface area is 284 Å². The Morgan fingerprint density at radius 1 is 0.939 bits per heavy atom. The molecule has 0 aromatic carbocycles. The molecule has 2 aliphatic heterocycles. The number of hydrogen-bond donors (Lipinski definition) is 7. The number of alkyl halides is 3. The third-order valence-corrected chi connectivity index (χ3v) is 9.65. The number of carboxylic acid groups (broad SMARTS) is 1. The Bertz CT molecular complexity index is 1020. The largest absolute Gasteiger partial charge is 0.479 e. The van der Waals surface area contributed by atoms with E-state index in [1.807, 2.05) is 6.92 Å². The summed E-state index contributed by atoms with van der Waals surface area (Å²) < 4.78 is 67.9. The van der Waals surface area contributed by atoms with Gasteiger partial charge in [-0.1, -0.05) is 51.9 Å². The van der Waals surface area contributed by atoms with E-state index in [4.69, 9.17) is 23.7 Å². The van der Waals surface area contributed by atoms with Crippen LogP contribution in [0.15, 0.2) is 0 Å². The Balaban J connectivity index is 1.60. The van der Waals surface area contributed by atoms with Gasteiger partial charge in [0.25, 0.3) is 0 Å². The first-order valence-corrected chi connectivity index (χ1v) is 17.2. The molecular weight excluding hydrogens is 663 g/mol. The van der Waals surface area contributed by atoms with E-state index in [1.54, 1.807) is 6.92 Å². The van der Waals surface area contributed by atoms with Crippen LogP contribution in [-0.4, -0.2) is 135 Å². The van der Waals surface area contributed by atoms with E-state index >= 15 is 0 Å². The van der Waals surface area contributed by atoms with Gasteiger partial charge in [-0.05, 0) is 38.0 Å². The van der Waals surface area contributed by atoms with Crippen LogP contribution in [0.25, 0.3) is 0 Å². The summed E-state index contributed by atoms with van der Waals surface area (Å²) in [6.45, 7) is 4.10. The normalized spacial score (nSPS) is 35.0. The summed E-state index contributed by atoms with van der Waals surface area (Å²) >= 11 is 0. The SMILES string of the molecule is CC[C@H](CCC[C@H](C)O[C@@H]1O[C@@H](CO)[C@H](O)C(O[C@@H](CC2CCCCC2)C(=O)O)C1NC(C)=O)COC1O[C@@H](C(F)(F)F)C(O)[C@H](O)[C@@H]1O. The molecule has 4 unspecified atom stereocenters. The van der Waals surface area contributed by atoms with Gasteiger partial charge in [-0.25, -0.2) is 4.79 Å². The summed E-state index contributed by atoms with van der Waals surface area (Å²) in [7, 11) is 0. The number of carbonyl (C=O) groups is 2. The predicted molar refractivity (Wildman–Crippen MR) is 164 cm³/mol. The number of hydrogen-bond acceptors (Lipinski definition) is 12. The Hall–Kier alpha value is -1.67. The molecule has 0 aromatic heterocycles. The first-order chi connectivity index (χ1) is 23.1. The maximum Gasteiger partial charge on any atom is 0.417 e. The van der Waals surface area contributed by atoms with E-state index in [-0.39, 0.29) is 24.9 Å². The lowest BCUT2D eigenvalue weighted by molar-refractivity contribution is -0.354. The quantitative estimate of drug-likeness (QED) is 0.113. The van der Waals surface area contributed by atoms with Crippen molar-refractivity contribution in [1.29, 1.82) is 0 Å². The van der Waals surface area contributed by atoms with Crippen LogP contribution in [0.5, 0.6) is 0 Å². The fraction of sp³-hybridized carbons (Fsp3) is 0.938. The van der Waals surface area contributed by atoms with Crippen LogP contribution in [0.4, 0.5) is 13.2 Å². The molecule has 49 heavy (non-hydrogen) atoms. The number of ether oxygens (including phenoxy) is 5. The number of aliphatic hydroxyl groups excluding tert-OH is 5. The Morgan fingerprint density at radius 2 is 1.61 bits per heavy atom. The van der Waals surface area contributed by atoms with Crippen LogP contribution in [0.2, 0.25) is 0 Å². The van der Waals surface area contributed by atoms with E-state index in [2.05, 4.69) is 5.32 Å². The number of nitrogens with one attached hydrogen (secondary N) is 1. The van der Waals surface area contributed by atoms with Crippen LogP contribution in [0, 0.1) is 11.8 Å². The molecule has 286 valence electrons. The number of aliphatic hydroxyl groups is 5. The number of halogens is 3. The second kappa shape index (κ2) is 19.2. The second-order valence-electron chi connectivity index (χ2n) is 13.5. The van der Waals surface area contributed by atoms with E-state index < -0.39 is 98.2 Å². The summed E-state index contributed by atoms with van der Waals surface area (Å²) in [6.07, 6.45) is -15.7.